The number of nitrogens with zero attached hydrogens (tertiary/aromatic N) is 3. The topological polar surface area (TPSA) is 127 Å². The first-order chi connectivity index (χ1) is 16.4. The van der Waals surface area contributed by atoms with E-state index in [0.29, 0.717) is 5.82 Å². The molecule has 0 radical (unpaired) electrons. The third-order valence-electron chi connectivity index (χ3n) is 6.47. The van der Waals surface area contributed by atoms with Crippen molar-refractivity contribution in [1.29, 1.82) is 0 Å². The monoisotopic (exact) mass is 499 g/mol. The summed E-state index contributed by atoms with van der Waals surface area (Å²) in [4.78, 5) is 21.4. The smallest absolute Gasteiger partial charge is 0.249 e. The Balaban J connectivity index is 1.67. The SMILES string of the molecule is Cc1c(C)c(C)c(S(=O)(=O)NCCC(=O)NC(c2nc(-c3ccncc3)no2)C(C)C)c(C)c1C. The van der Waals surface area contributed by atoms with Gasteiger partial charge in [0.25, 0.3) is 0 Å². The molecule has 3 aromatic rings. The lowest BCUT2D eigenvalue weighted by Crippen LogP contribution is -2.35. The first-order valence-electron chi connectivity index (χ1n) is 11.5. The molecule has 10 heteroatoms. The number of sulfonamides is 1. The van der Waals surface area contributed by atoms with Gasteiger partial charge in [0, 0.05) is 30.9 Å². The standard InChI is InChI=1S/C25H33N5O4S/c1-14(2)22(25-29-24(30-34-25)20-8-11-26-12-9-20)28-21(31)10-13-27-35(32,33)23-18(6)16(4)15(3)17(5)19(23)7/h8-9,11-12,14,22,27H,10,13H2,1-7H3,(H,28,31). The van der Waals surface area contributed by atoms with Gasteiger partial charge in [-0.25, -0.2) is 13.1 Å². The van der Waals surface area contributed by atoms with E-state index in [9.17, 15) is 13.2 Å². The van der Waals surface area contributed by atoms with Gasteiger partial charge in [0.2, 0.25) is 27.6 Å². The highest BCUT2D eigenvalue weighted by molar-refractivity contribution is 7.89. The van der Waals surface area contributed by atoms with Crippen molar-refractivity contribution in [3.63, 3.8) is 0 Å². The second-order valence-electron chi connectivity index (χ2n) is 9.08. The summed E-state index contributed by atoms with van der Waals surface area (Å²) < 4.78 is 34.2. The zero-order valence-corrected chi connectivity index (χ0v) is 22.1. The fourth-order valence-corrected chi connectivity index (χ4v) is 5.61. The molecule has 3 rings (SSSR count). The van der Waals surface area contributed by atoms with Crippen molar-refractivity contribution in [2.75, 3.05) is 6.54 Å². The molecular weight excluding hydrogens is 466 g/mol. The lowest BCUT2D eigenvalue weighted by Gasteiger charge is -2.20. The summed E-state index contributed by atoms with van der Waals surface area (Å²) in [6.45, 7) is 13.3. The number of pyridine rings is 1. The largest absolute Gasteiger partial charge is 0.344 e. The third kappa shape index (κ3) is 5.76. The fourth-order valence-electron chi connectivity index (χ4n) is 3.98. The van der Waals surface area contributed by atoms with Crippen molar-refractivity contribution < 1.29 is 17.7 Å². The Labute approximate surface area is 206 Å². The molecule has 1 atom stereocenters. The van der Waals surface area contributed by atoms with Gasteiger partial charge in [0.1, 0.15) is 6.04 Å². The number of aromatic nitrogens is 3. The molecule has 1 unspecified atom stereocenters. The molecule has 2 N–H and O–H groups in total. The van der Waals surface area contributed by atoms with Crippen LogP contribution >= 0.6 is 0 Å². The molecule has 0 aliphatic rings. The molecule has 9 nitrogen and oxygen atoms in total. The van der Waals surface area contributed by atoms with Crippen LogP contribution in [-0.2, 0) is 14.8 Å². The summed E-state index contributed by atoms with van der Waals surface area (Å²) in [5, 5.41) is 6.89. The molecule has 35 heavy (non-hydrogen) atoms. The summed E-state index contributed by atoms with van der Waals surface area (Å²) in [6.07, 6.45) is 3.24. The number of carbonyl (C=O) groups excluding carboxylic acids is 1. The van der Waals surface area contributed by atoms with Gasteiger partial charge < -0.3 is 9.84 Å². The van der Waals surface area contributed by atoms with Gasteiger partial charge in [0.15, 0.2) is 0 Å². The van der Waals surface area contributed by atoms with E-state index in [-0.39, 0.29) is 35.6 Å². The van der Waals surface area contributed by atoms with Crippen LogP contribution < -0.4 is 10.0 Å². The van der Waals surface area contributed by atoms with Crippen molar-refractivity contribution in [1.82, 2.24) is 25.2 Å². The van der Waals surface area contributed by atoms with Crippen LogP contribution in [-0.4, -0.2) is 36.0 Å². The zero-order valence-electron chi connectivity index (χ0n) is 21.3. The third-order valence-corrected chi connectivity index (χ3v) is 8.21. The van der Waals surface area contributed by atoms with Crippen molar-refractivity contribution in [3.05, 3.63) is 58.2 Å². The maximum atomic E-state index is 13.1. The highest BCUT2D eigenvalue weighted by atomic mass is 32.2. The molecule has 0 saturated heterocycles. The molecule has 1 amide bonds. The second kappa shape index (κ2) is 10.7. The normalized spacial score (nSPS) is 12.7. The molecule has 2 aromatic heterocycles. The first-order valence-corrected chi connectivity index (χ1v) is 13.0. The average molecular weight is 500 g/mol. The molecule has 0 fully saturated rings. The minimum absolute atomic E-state index is 0.0230. The van der Waals surface area contributed by atoms with E-state index in [1.165, 1.54) is 0 Å². The van der Waals surface area contributed by atoms with Crippen molar-refractivity contribution in [3.8, 4) is 11.4 Å². The van der Waals surface area contributed by atoms with E-state index < -0.39 is 16.1 Å². The van der Waals surface area contributed by atoms with Crippen LogP contribution in [0.2, 0.25) is 0 Å². The Bertz CT molecular complexity index is 1290. The molecule has 188 valence electrons. The van der Waals surface area contributed by atoms with Crippen LogP contribution in [0.15, 0.2) is 33.9 Å². The Morgan fingerprint density at radius 3 is 2.11 bits per heavy atom. The van der Waals surface area contributed by atoms with Crippen LogP contribution in [0.3, 0.4) is 0 Å². The summed E-state index contributed by atoms with van der Waals surface area (Å²) in [5.41, 5.74) is 5.21. The minimum Gasteiger partial charge on any atom is -0.344 e. The van der Waals surface area contributed by atoms with E-state index in [0.717, 1.165) is 33.4 Å². The average Bonchev–Trinajstić information content (AvgIpc) is 3.30. The maximum absolute atomic E-state index is 13.1. The summed E-state index contributed by atoms with van der Waals surface area (Å²) in [5.74, 6) is 0.354. The number of carbonyl (C=O) groups is 1. The van der Waals surface area contributed by atoms with Crippen molar-refractivity contribution in [2.24, 2.45) is 5.92 Å². The summed E-state index contributed by atoms with van der Waals surface area (Å²) in [7, 11) is -3.78. The predicted octanol–water partition coefficient (Wildman–Crippen LogP) is 3.86. The van der Waals surface area contributed by atoms with E-state index in [1.807, 2.05) is 48.5 Å². The first kappa shape index (κ1) is 26.5. The highest BCUT2D eigenvalue weighted by Crippen LogP contribution is 2.29. The quantitative estimate of drug-likeness (QED) is 0.458. The molecule has 1 aromatic carbocycles. The number of amides is 1. The predicted molar refractivity (Wildman–Crippen MR) is 133 cm³/mol. The van der Waals surface area contributed by atoms with Crippen LogP contribution in [0.5, 0.6) is 0 Å². The molecule has 0 bridgehead atoms. The van der Waals surface area contributed by atoms with Crippen molar-refractivity contribution in [2.45, 2.75) is 65.8 Å². The lowest BCUT2D eigenvalue weighted by atomic mass is 9.95. The van der Waals surface area contributed by atoms with E-state index in [2.05, 4.69) is 25.2 Å². The van der Waals surface area contributed by atoms with Gasteiger partial charge in [-0.05, 0) is 80.5 Å². The van der Waals surface area contributed by atoms with E-state index in [1.54, 1.807) is 24.5 Å². The van der Waals surface area contributed by atoms with Crippen LogP contribution in [0.4, 0.5) is 0 Å². The van der Waals surface area contributed by atoms with Crippen LogP contribution in [0.1, 0.15) is 60.0 Å². The highest BCUT2D eigenvalue weighted by Gasteiger charge is 2.26. The van der Waals surface area contributed by atoms with E-state index in [4.69, 9.17) is 4.52 Å². The van der Waals surface area contributed by atoms with Crippen molar-refractivity contribution >= 4 is 15.9 Å². The van der Waals surface area contributed by atoms with Gasteiger partial charge in [-0.15, -0.1) is 0 Å². The molecule has 0 saturated carbocycles. The Hall–Kier alpha value is -3.11. The zero-order chi connectivity index (χ0) is 25.9. The molecular formula is C25H33N5O4S. The van der Waals surface area contributed by atoms with Gasteiger partial charge in [0.05, 0.1) is 4.90 Å². The van der Waals surface area contributed by atoms with Crippen LogP contribution in [0, 0.1) is 40.5 Å². The van der Waals surface area contributed by atoms with Gasteiger partial charge in [-0.3, -0.25) is 9.78 Å². The molecule has 0 spiro atoms. The number of hydrogen-bond donors (Lipinski definition) is 2. The number of rotatable bonds is 9. The van der Waals surface area contributed by atoms with Gasteiger partial charge in [-0.1, -0.05) is 19.0 Å². The minimum atomic E-state index is -3.78. The Morgan fingerprint density at radius 1 is 0.971 bits per heavy atom. The summed E-state index contributed by atoms with van der Waals surface area (Å²) in [6, 6.07) is 3.03. The lowest BCUT2D eigenvalue weighted by molar-refractivity contribution is -0.122. The Morgan fingerprint density at radius 2 is 1.54 bits per heavy atom. The molecule has 0 aliphatic carbocycles. The van der Waals surface area contributed by atoms with Gasteiger partial charge in [-0.2, -0.15) is 4.98 Å². The number of hydrogen-bond acceptors (Lipinski definition) is 7. The van der Waals surface area contributed by atoms with Gasteiger partial charge >= 0.3 is 0 Å². The molecule has 0 aliphatic heterocycles. The maximum Gasteiger partial charge on any atom is 0.249 e. The number of benzene rings is 1. The molecule has 2 heterocycles. The second-order valence-corrected chi connectivity index (χ2v) is 10.8. The van der Waals surface area contributed by atoms with E-state index >= 15 is 0 Å². The summed E-state index contributed by atoms with van der Waals surface area (Å²) >= 11 is 0. The Kier molecular flexibility index (Phi) is 8.07. The van der Waals surface area contributed by atoms with Crippen LogP contribution in [0.25, 0.3) is 11.4 Å². The number of nitrogens with one attached hydrogen (secondary N) is 2. The fraction of sp³-hybridized carbons (Fsp3) is 0.440.